The molecule has 2 unspecified atom stereocenters. The van der Waals surface area contributed by atoms with E-state index in [1.54, 1.807) is 0 Å². The van der Waals surface area contributed by atoms with Gasteiger partial charge in [0.1, 0.15) is 13.2 Å². The fourth-order valence-electron chi connectivity index (χ4n) is 10.4. The Kier molecular flexibility index (Phi) is 77.3. The highest BCUT2D eigenvalue weighted by Gasteiger charge is 2.25. The standard InChI is InChI=1S/C96H149NO8/c1-6-8-10-12-14-16-18-20-22-24-26-28-30-32-34-36-38-40-42-44-46-47-49-50-52-54-56-58-60-62-64-66-68-70-72-74-76-78-80-82-84-86-93(98)103-90-92(91-104-96(95(100)101)102-89-88-97(3,4)5)105-94(99)87-85-83-81-79-77-75-73-71-69-67-65-63-61-59-57-55-53-51-48-45-43-41-39-37-35-33-31-29-27-25-23-21-19-17-15-13-11-9-7-2/h8-11,14-17,20-23,26-29,32-35,38-41,44-46,48-50,53-56,59,61,65,67,71,73,92,96H,6-7,12-13,18-19,24-25,30-31,36-37,42-43,47,51-52,57-58,60,62-64,66,68-70,72,74-91H2,1-5H3/p+1/b10-8-,11-9-,16-14-,17-15-,22-20-,23-21-,28-26-,29-27-,34-32-,35-33-,40-38-,41-39-,46-44-,48-45-,50-49-,55-53-,56-54-,61-59-,67-65-,73-71-. The van der Waals surface area contributed by atoms with Crippen LogP contribution in [0.5, 0.6) is 0 Å². The number of carboxylic acids is 1. The molecule has 0 aromatic heterocycles. The summed E-state index contributed by atoms with van der Waals surface area (Å²) in [6, 6.07) is 0. The molecule has 0 saturated carbocycles. The number of rotatable bonds is 73. The van der Waals surface area contributed by atoms with Gasteiger partial charge in [0, 0.05) is 12.8 Å². The first-order chi connectivity index (χ1) is 51.6. The van der Waals surface area contributed by atoms with E-state index >= 15 is 0 Å². The molecule has 0 aliphatic heterocycles. The van der Waals surface area contributed by atoms with Gasteiger partial charge in [0.2, 0.25) is 0 Å². The highest BCUT2D eigenvalue weighted by molar-refractivity contribution is 5.71. The molecular weight excluding hydrogens is 1300 g/mol. The summed E-state index contributed by atoms with van der Waals surface area (Å²) >= 11 is 0. The molecule has 0 heterocycles. The van der Waals surface area contributed by atoms with E-state index in [9.17, 15) is 19.5 Å². The minimum atomic E-state index is -1.53. The summed E-state index contributed by atoms with van der Waals surface area (Å²) in [4.78, 5) is 37.8. The number of carbonyl (C=O) groups is 3. The lowest BCUT2D eigenvalue weighted by Crippen LogP contribution is -2.40. The molecule has 9 nitrogen and oxygen atoms in total. The number of hydrogen-bond acceptors (Lipinski definition) is 7. The summed E-state index contributed by atoms with van der Waals surface area (Å²) in [6.07, 6.45) is 130. The molecule has 0 aliphatic carbocycles. The van der Waals surface area contributed by atoms with Crippen LogP contribution in [0.15, 0.2) is 243 Å². The zero-order valence-electron chi connectivity index (χ0n) is 67.0. The summed E-state index contributed by atoms with van der Waals surface area (Å²) in [7, 11) is 5.96. The molecule has 0 aromatic carbocycles. The topological polar surface area (TPSA) is 108 Å². The van der Waals surface area contributed by atoms with Crippen molar-refractivity contribution < 1.29 is 42.9 Å². The van der Waals surface area contributed by atoms with Crippen LogP contribution in [0.4, 0.5) is 0 Å². The Labute approximate surface area is 643 Å². The van der Waals surface area contributed by atoms with Gasteiger partial charge in [-0.1, -0.05) is 347 Å². The molecule has 105 heavy (non-hydrogen) atoms. The van der Waals surface area contributed by atoms with Gasteiger partial charge in [-0.05, 0) is 167 Å². The van der Waals surface area contributed by atoms with E-state index in [4.69, 9.17) is 18.9 Å². The first kappa shape index (κ1) is 98.1. The Morgan fingerprint density at radius 2 is 0.514 bits per heavy atom. The van der Waals surface area contributed by atoms with E-state index in [1.807, 2.05) is 21.1 Å². The summed E-state index contributed by atoms with van der Waals surface area (Å²) in [6.45, 7) is 4.60. The van der Waals surface area contributed by atoms with E-state index in [-0.39, 0.29) is 38.6 Å². The fourth-order valence-corrected chi connectivity index (χ4v) is 10.4. The number of aliphatic carboxylic acids is 1. The summed E-state index contributed by atoms with van der Waals surface area (Å²) in [5, 5.41) is 9.78. The SMILES string of the molecule is CC/C=C\C/C=C\C/C=C\C/C=C\C/C=C\C/C=C\C/C=C\C/C=C\C/C=C\C/C=C\C/C=C\CCCCCCCC(=O)OC(COC(=O)CCCCCCCCCCCCCCC/C=C\C/C=C\C/C=C\C/C=C\C/C=C\C/C=C\C/C=C\C/C=C\C/C=C\CC)COC(OCC[N+](C)(C)C)C(=O)O. The van der Waals surface area contributed by atoms with Crippen LogP contribution in [-0.2, 0) is 33.3 Å². The Morgan fingerprint density at radius 3 is 0.762 bits per heavy atom. The summed E-state index contributed by atoms with van der Waals surface area (Å²) < 4.78 is 23.0. The number of quaternary nitrogens is 1. The van der Waals surface area contributed by atoms with Gasteiger partial charge in [0.15, 0.2) is 6.10 Å². The van der Waals surface area contributed by atoms with Gasteiger partial charge in [0.25, 0.3) is 6.29 Å². The van der Waals surface area contributed by atoms with Gasteiger partial charge in [-0.15, -0.1) is 0 Å². The molecule has 1 N–H and O–H groups in total. The first-order valence-corrected chi connectivity index (χ1v) is 41.2. The number of unbranched alkanes of at least 4 members (excludes halogenated alkanes) is 18. The number of hydrogen-bond donors (Lipinski definition) is 1. The van der Waals surface area contributed by atoms with Crippen molar-refractivity contribution in [1.29, 1.82) is 0 Å². The van der Waals surface area contributed by atoms with Crippen molar-refractivity contribution in [3.8, 4) is 0 Å². The zero-order valence-corrected chi connectivity index (χ0v) is 67.0. The molecule has 0 bridgehead atoms. The monoisotopic (exact) mass is 1450 g/mol. The molecule has 9 heteroatoms. The van der Waals surface area contributed by atoms with Crippen LogP contribution in [0.1, 0.15) is 284 Å². The minimum Gasteiger partial charge on any atom is -0.477 e. The molecule has 0 amide bonds. The smallest absolute Gasteiger partial charge is 0.361 e. The number of nitrogens with zero attached hydrogens (tertiary/aromatic N) is 1. The summed E-state index contributed by atoms with van der Waals surface area (Å²) in [5.41, 5.74) is 0. The van der Waals surface area contributed by atoms with E-state index < -0.39 is 24.3 Å². The number of allylic oxidation sites excluding steroid dienone is 40. The third-order valence-electron chi connectivity index (χ3n) is 16.6. The number of carboxylic acid groups (broad SMARTS) is 1. The van der Waals surface area contributed by atoms with Gasteiger partial charge in [-0.3, -0.25) is 9.59 Å². The maximum Gasteiger partial charge on any atom is 0.361 e. The third-order valence-corrected chi connectivity index (χ3v) is 16.6. The molecule has 0 aliphatic rings. The average molecular weight is 1450 g/mol. The predicted molar refractivity (Wildman–Crippen MR) is 455 cm³/mol. The third kappa shape index (κ3) is 84.2. The number of carbonyl (C=O) groups excluding carboxylic acids is 2. The lowest BCUT2D eigenvalue weighted by molar-refractivity contribution is -0.870. The van der Waals surface area contributed by atoms with Gasteiger partial charge in [0.05, 0.1) is 34.4 Å². The van der Waals surface area contributed by atoms with Crippen LogP contribution in [0.25, 0.3) is 0 Å². The Bertz CT molecular complexity index is 2640. The lowest BCUT2D eigenvalue weighted by Gasteiger charge is -2.25. The molecule has 2 atom stereocenters. The second kappa shape index (κ2) is 82.7. The minimum absolute atomic E-state index is 0.171. The number of ether oxygens (including phenoxy) is 4. The van der Waals surface area contributed by atoms with Crippen LogP contribution in [0, 0.1) is 0 Å². The van der Waals surface area contributed by atoms with Crippen molar-refractivity contribution in [3.05, 3.63) is 243 Å². The van der Waals surface area contributed by atoms with E-state index in [1.165, 1.54) is 70.6 Å². The second-order valence-corrected chi connectivity index (χ2v) is 27.6. The first-order valence-electron chi connectivity index (χ1n) is 41.2. The number of esters is 2. The van der Waals surface area contributed by atoms with Gasteiger partial charge < -0.3 is 28.5 Å². The molecule has 0 fully saturated rings. The predicted octanol–water partition coefficient (Wildman–Crippen LogP) is 27.1. The highest BCUT2D eigenvalue weighted by Crippen LogP contribution is 2.16. The van der Waals surface area contributed by atoms with Crippen LogP contribution in [0.2, 0.25) is 0 Å². The average Bonchev–Trinajstić information content (AvgIpc) is 1.97. The van der Waals surface area contributed by atoms with Crippen molar-refractivity contribution >= 4 is 17.9 Å². The molecule has 0 radical (unpaired) electrons. The van der Waals surface area contributed by atoms with Gasteiger partial charge in [-0.2, -0.15) is 0 Å². The zero-order chi connectivity index (χ0) is 76.0. The maximum absolute atomic E-state index is 13.0. The fraction of sp³-hybridized carbons (Fsp3) is 0.552. The van der Waals surface area contributed by atoms with Crippen LogP contribution in [0.3, 0.4) is 0 Å². The van der Waals surface area contributed by atoms with Crippen molar-refractivity contribution in [3.63, 3.8) is 0 Å². The lowest BCUT2D eigenvalue weighted by atomic mass is 10.0. The Hall–Kier alpha value is -6.91. The quantitative estimate of drug-likeness (QED) is 0.0211. The van der Waals surface area contributed by atoms with E-state index in [2.05, 4.69) is 257 Å². The molecule has 0 aromatic rings. The van der Waals surface area contributed by atoms with Crippen LogP contribution in [-0.4, -0.2) is 87.4 Å². The van der Waals surface area contributed by atoms with Crippen molar-refractivity contribution in [2.24, 2.45) is 0 Å². The largest absolute Gasteiger partial charge is 0.477 e. The highest BCUT2D eigenvalue weighted by atomic mass is 16.7. The summed E-state index contributed by atoms with van der Waals surface area (Å²) in [5.74, 6) is -2.05. The van der Waals surface area contributed by atoms with Crippen molar-refractivity contribution in [2.75, 3.05) is 47.5 Å². The molecular formula is C96H150NO8+. The molecule has 0 spiro atoms. The van der Waals surface area contributed by atoms with Gasteiger partial charge in [-0.25, -0.2) is 4.79 Å². The Morgan fingerprint density at radius 1 is 0.286 bits per heavy atom. The molecule has 0 rings (SSSR count). The molecule has 0 saturated heterocycles. The normalized spacial score (nSPS) is 14.0. The van der Waals surface area contributed by atoms with Crippen molar-refractivity contribution in [2.45, 2.75) is 296 Å². The second-order valence-electron chi connectivity index (χ2n) is 27.6. The van der Waals surface area contributed by atoms with Gasteiger partial charge >= 0.3 is 17.9 Å². The van der Waals surface area contributed by atoms with E-state index in [0.717, 1.165) is 180 Å². The molecule has 586 valence electrons. The van der Waals surface area contributed by atoms with Crippen molar-refractivity contribution in [1.82, 2.24) is 0 Å². The van der Waals surface area contributed by atoms with Crippen LogP contribution >= 0.6 is 0 Å². The maximum atomic E-state index is 13.0. The number of likely N-dealkylation sites (N-methyl/N-ethyl adjacent to an activating group) is 1. The Balaban J connectivity index is 4.17. The van der Waals surface area contributed by atoms with Crippen LogP contribution < -0.4 is 0 Å². The van der Waals surface area contributed by atoms with E-state index in [0.29, 0.717) is 17.4 Å².